The normalized spacial score (nSPS) is 10.5. The summed E-state index contributed by atoms with van der Waals surface area (Å²) in [5.41, 5.74) is 4.61. The first-order valence-electron chi connectivity index (χ1n) is 7.31. The van der Waals surface area contributed by atoms with E-state index in [2.05, 4.69) is 16.4 Å². The molecule has 1 N–H and O–H groups in total. The third kappa shape index (κ3) is 2.92. The van der Waals surface area contributed by atoms with Crippen molar-refractivity contribution in [3.8, 4) is 6.07 Å². The molecule has 0 bridgehead atoms. The lowest BCUT2D eigenvalue weighted by Crippen LogP contribution is -2.03. The second kappa shape index (κ2) is 5.93. The third-order valence-electron chi connectivity index (χ3n) is 3.75. The van der Waals surface area contributed by atoms with E-state index in [1.807, 2.05) is 35.7 Å². The van der Waals surface area contributed by atoms with Crippen LogP contribution >= 0.6 is 0 Å². The molecule has 3 rings (SSSR count). The molecule has 3 aromatic rings. The first-order chi connectivity index (χ1) is 11.1. The topological polar surface area (TPSA) is 70.2 Å². The Morgan fingerprint density at radius 2 is 2.17 bits per heavy atom. The fourth-order valence-electron chi connectivity index (χ4n) is 2.48. The van der Waals surface area contributed by atoms with Crippen molar-refractivity contribution >= 4 is 17.1 Å². The van der Waals surface area contributed by atoms with Crippen LogP contribution in [0.15, 0.2) is 42.6 Å². The van der Waals surface area contributed by atoms with Gasteiger partial charge in [-0.1, -0.05) is 6.07 Å². The number of rotatable bonds is 4. The number of anilines is 1. The number of benzene rings is 1. The number of fused-ring (bicyclic) bond motifs is 1. The van der Waals surface area contributed by atoms with Gasteiger partial charge in [0.05, 0.1) is 23.5 Å². The van der Waals surface area contributed by atoms with Crippen LogP contribution in [0.4, 0.5) is 5.69 Å². The highest BCUT2D eigenvalue weighted by Gasteiger charge is 2.08. The Hall–Kier alpha value is -3.13. The van der Waals surface area contributed by atoms with Gasteiger partial charge in [0.2, 0.25) is 0 Å². The van der Waals surface area contributed by atoms with E-state index < -0.39 is 0 Å². The zero-order valence-corrected chi connectivity index (χ0v) is 13.0. The minimum absolute atomic E-state index is 0.0269. The standard InChI is InChI=1S/C18H16N4O/c1-12-4-3-5-18-21-16(11-22(12)18)10-20-17-8-14(13(2)23)6-7-15(17)9-19/h3-8,11,20H,10H2,1-2H3. The van der Waals surface area contributed by atoms with Crippen LogP contribution in [0, 0.1) is 18.3 Å². The number of nitrogens with one attached hydrogen (secondary N) is 1. The molecule has 0 unspecified atom stereocenters. The van der Waals surface area contributed by atoms with Gasteiger partial charge in [-0.2, -0.15) is 5.26 Å². The predicted octanol–water partition coefficient (Wildman–Crippen LogP) is 3.33. The monoisotopic (exact) mass is 304 g/mol. The molecule has 0 saturated carbocycles. The molecule has 0 aliphatic carbocycles. The molecule has 0 fully saturated rings. The van der Waals surface area contributed by atoms with E-state index in [1.165, 1.54) is 6.92 Å². The van der Waals surface area contributed by atoms with E-state index >= 15 is 0 Å². The van der Waals surface area contributed by atoms with Crippen LogP contribution in [0.2, 0.25) is 0 Å². The summed E-state index contributed by atoms with van der Waals surface area (Å²) in [6, 6.07) is 13.1. The molecule has 0 radical (unpaired) electrons. The summed E-state index contributed by atoms with van der Waals surface area (Å²) >= 11 is 0. The molecule has 1 aromatic carbocycles. The fourth-order valence-corrected chi connectivity index (χ4v) is 2.48. The molecule has 5 heteroatoms. The minimum atomic E-state index is -0.0269. The summed E-state index contributed by atoms with van der Waals surface area (Å²) in [6.07, 6.45) is 1.97. The summed E-state index contributed by atoms with van der Waals surface area (Å²) in [5.74, 6) is -0.0269. The third-order valence-corrected chi connectivity index (χ3v) is 3.75. The zero-order chi connectivity index (χ0) is 16.4. The highest BCUT2D eigenvalue weighted by Crippen LogP contribution is 2.19. The lowest BCUT2D eigenvalue weighted by atomic mass is 10.1. The molecule has 0 aliphatic heterocycles. The van der Waals surface area contributed by atoms with Gasteiger partial charge < -0.3 is 9.72 Å². The lowest BCUT2D eigenvalue weighted by Gasteiger charge is -2.08. The molecule has 5 nitrogen and oxygen atoms in total. The van der Waals surface area contributed by atoms with Gasteiger partial charge in [-0.05, 0) is 44.2 Å². The van der Waals surface area contributed by atoms with Crippen molar-refractivity contribution in [3.63, 3.8) is 0 Å². The average molecular weight is 304 g/mol. The van der Waals surface area contributed by atoms with Crippen molar-refractivity contribution in [1.29, 1.82) is 5.26 Å². The molecular formula is C18H16N4O. The molecule has 0 spiro atoms. The molecule has 2 aromatic heterocycles. The van der Waals surface area contributed by atoms with E-state index in [0.717, 1.165) is 17.0 Å². The number of imidazole rings is 1. The number of pyridine rings is 1. The van der Waals surface area contributed by atoms with Crippen molar-refractivity contribution in [2.45, 2.75) is 20.4 Å². The van der Waals surface area contributed by atoms with E-state index in [9.17, 15) is 10.1 Å². The maximum atomic E-state index is 11.5. The number of carbonyl (C=O) groups excluding carboxylic acids is 1. The van der Waals surface area contributed by atoms with Crippen molar-refractivity contribution < 1.29 is 4.79 Å². The number of nitriles is 1. The zero-order valence-electron chi connectivity index (χ0n) is 13.0. The SMILES string of the molecule is CC(=O)c1ccc(C#N)c(NCc2cn3c(C)cccc3n2)c1. The van der Waals surface area contributed by atoms with Gasteiger partial charge in [0.1, 0.15) is 11.7 Å². The minimum Gasteiger partial charge on any atom is -0.378 e. The number of hydrogen-bond donors (Lipinski definition) is 1. The van der Waals surface area contributed by atoms with Crippen molar-refractivity contribution in [3.05, 3.63) is 65.1 Å². The van der Waals surface area contributed by atoms with Crippen molar-refractivity contribution in [2.24, 2.45) is 0 Å². The Balaban J connectivity index is 1.87. The van der Waals surface area contributed by atoms with E-state index in [4.69, 9.17) is 0 Å². The second-order valence-electron chi connectivity index (χ2n) is 5.41. The highest BCUT2D eigenvalue weighted by molar-refractivity contribution is 5.95. The average Bonchev–Trinajstić information content (AvgIpc) is 2.97. The quantitative estimate of drug-likeness (QED) is 0.751. The van der Waals surface area contributed by atoms with Gasteiger partial charge in [0, 0.05) is 17.5 Å². The summed E-state index contributed by atoms with van der Waals surface area (Å²) in [4.78, 5) is 16.1. The fraction of sp³-hybridized carbons (Fsp3) is 0.167. The molecule has 114 valence electrons. The Morgan fingerprint density at radius 1 is 1.35 bits per heavy atom. The highest BCUT2D eigenvalue weighted by atomic mass is 16.1. The van der Waals surface area contributed by atoms with Crippen LogP contribution in [0.5, 0.6) is 0 Å². The number of hydrogen-bond acceptors (Lipinski definition) is 4. The predicted molar refractivity (Wildman–Crippen MR) is 88.4 cm³/mol. The first-order valence-corrected chi connectivity index (χ1v) is 7.31. The molecule has 0 aliphatic rings. The van der Waals surface area contributed by atoms with Crippen LogP contribution in [-0.4, -0.2) is 15.2 Å². The Morgan fingerprint density at radius 3 is 2.87 bits per heavy atom. The number of aryl methyl sites for hydroxylation is 1. The molecule has 23 heavy (non-hydrogen) atoms. The largest absolute Gasteiger partial charge is 0.378 e. The van der Waals surface area contributed by atoms with Crippen LogP contribution < -0.4 is 5.32 Å². The number of aromatic nitrogens is 2. The number of ketones is 1. The van der Waals surface area contributed by atoms with E-state index in [0.29, 0.717) is 23.4 Å². The Kier molecular flexibility index (Phi) is 3.82. The van der Waals surface area contributed by atoms with Crippen LogP contribution in [0.1, 0.15) is 34.2 Å². The molecule has 0 amide bonds. The summed E-state index contributed by atoms with van der Waals surface area (Å²) in [6.45, 7) is 4.02. The van der Waals surface area contributed by atoms with E-state index in [1.54, 1.807) is 18.2 Å². The lowest BCUT2D eigenvalue weighted by molar-refractivity contribution is 0.101. The Labute approximate surface area is 134 Å². The number of nitrogens with zero attached hydrogens (tertiary/aromatic N) is 3. The van der Waals surface area contributed by atoms with Gasteiger partial charge >= 0.3 is 0 Å². The summed E-state index contributed by atoms with van der Waals surface area (Å²) < 4.78 is 2.02. The Bertz CT molecular complexity index is 934. The molecule has 0 atom stereocenters. The van der Waals surface area contributed by atoms with Crippen molar-refractivity contribution in [1.82, 2.24) is 9.38 Å². The van der Waals surface area contributed by atoms with Crippen LogP contribution in [-0.2, 0) is 6.54 Å². The molecular weight excluding hydrogens is 288 g/mol. The summed E-state index contributed by atoms with van der Waals surface area (Å²) in [7, 11) is 0. The van der Waals surface area contributed by atoms with Gasteiger partial charge in [0.15, 0.2) is 5.78 Å². The molecule has 0 saturated heterocycles. The number of carbonyl (C=O) groups is 1. The smallest absolute Gasteiger partial charge is 0.159 e. The maximum absolute atomic E-state index is 11.5. The van der Waals surface area contributed by atoms with Crippen LogP contribution in [0.25, 0.3) is 5.65 Å². The summed E-state index contributed by atoms with van der Waals surface area (Å²) in [5, 5.41) is 12.4. The van der Waals surface area contributed by atoms with Gasteiger partial charge in [-0.25, -0.2) is 4.98 Å². The molecule has 2 heterocycles. The van der Waals surface area contributed by atoms with E-state index in [-0.39, 0.29) is 5.78 Å². The van der Waals surface area contributed by atoms with Crippen molar-refractivity contribution in [2.75, 3.05) is 5.32 Å². The van der Waals surface area contributed by atoms with Crippen LogP contribution in [0.3, 0.4) is 0 Å². The second-order valence-corrected chi connectivity index (χ2v) is 5.41. The van der Waals surface area contributed by atoms with Gasteiger partial charge in [-0.15, -0.1) is 0 Å². The first kappa shape index (κ1) is 14.8. The van der Waals surface area contributed by atoms with Gasteiger partial charge in [-0.3, -0.25) is 4.79 Å². The number of Topliss-reactive ketones (excluding diaryl/α,β-unsaturated/α-hetero) is 1. The van der Waals surface area contributed by atoms with Gasteiger partial charge in [0.25, 0.3) is 0 Å². The maximum Gasteiger partial charge on any atom is 0.159 e.